The van der Waals surface area contributed by atoms with E-state index in [0.29, 0.717) is 6.04 Å². The Kier molecular flexibility index (Phi) is 2.83. The third-order valence-electron chi connectivity index (χ3n) is 3.65. The van der Waals surface area contributed by atoms with E-state index in [1.54, 1.807) is 0 Å². The summed E-state index contributed by atoms with van der Waals surface area (Å²) < 4.78 is 2.36. The van der Waals surface area contributed by atoms with Gasteiger partial charge in [-0.2, -0.15) is 0 Å². The zero-order chi connectivity index (χ0) is 10.9. The van der Waals surface area contributed by atoms with Gasteiger partial charge in [0, 0.05) is 6.04 Å². The first-order valence-corrected chi connectivity index (χ1v) is 5.86. The Balaban J connectivity index is 2.28. The van der Waals surface area contributed by atoms with Gasteiger partial charge in [-0.05, 0) is 33.7 Å². The van der Waals surface area contributed by atoms with Crippen molar-refractivity contribution in [2.24, 2.45) is 0 Å². The van der Waals surface area contributed by atoms with Crippen LogP contribution in [-0.4, -0.2) is 16.6 Å². The van der Waals surface area contributed by atoms with Gasteiger partial charge in [-0.25, -0.2) is 4.98 Å². The number of hydrogen-bond donors (Lipinski definition) is 1. The standard InChI is InChI=1S/C12H21N3/c1-12(2,13-3)11-8-14-9-15(11)10-6-4-5-7-10/h8-10,13H,4-7H2,1-3H3. The molecule has 1 saturated carbocycles. The molecule has 1 heterocycles. The first kappa shape index (κ1) is 10.7. The second-order valence-electron chi connectivity index (χ2n) is 5.00. The van der Waals surface area contributed by atoms with Crippen molar-refractivity contribution in [2.45, 2.75) is 51.1 Å². The monoisotopic (exact) mass is 207 g/mol. The summed E-state index contributed by atoms with van der Waals surface area (Å²) >= 11 is 0. The van der Waals surface area contributed by atoms with Gasteiger partial charge in [-0.15, -0.1) is 0 Å². The Bertz CT molecular complexity index is 321. The lowest BCUT2D eigenvalue weighted by Gasteiger charge is -2.27. The SMILES string of the molecule is CNC(C)(C)c1cncn1C1CCCC1. The quantitative estimate of drug-likeness (QED) is 0.825. The molecule has 84 valence electrons. The Morgan fingerprint density at radius 2 is 2.07 bits per heavy atom. The molecule has 0 radical (unpaired) electrons. The minimum absolute atomic E-state index is 0.0130. The fourth-order valence-electron chi connectivity index (χ4n) is 2.39. The minimum atomic E-state index is 0.0130. The highest BCUT2D eigenvalue weighted by Crippen LogP contribution is 2.32. The first-order chi connectivity index (χ1) is 7.15. The van der Waals surface area contributed by atoms with Crippen LogP contribution < -0.4 is 5.32 Å². The molecule has 0 aromatic carbocycles. The van der Waals surface area contributed by atoms with Crippen LogP contribution in [0.3, 0.4) is 0 Å². The van der Waals surface area contributed by atoms with Gasteiger partial charge in [0.25, 0.3) is 0 Å². The molecule has 0 saturated heterocycles. The van der Waals surface area contributed by atoms with Gasteiger partial charge in [0.2, 0.25) is 0 Å². The molecule has 2 rings (SSSR count). The van der Waals surface area contributed by atoms with Crippen LogP contribution in [0.5, 0.6) is 0 Å². The Morgan fingerprint density at radius 1 is 1.40 bits per heavy atom. The fourth-order valence-corrected chi connectivity index (χ4v) is 2.39. The van der Waals surface area contributed by atoms with E-state index >= 15 is 0 Å². The number of rotatable bonds is 3. The summed E-state index contributed by atoms with van der Waals surface area (Å²) in [7, 11) is 2.01. The largest absolute Gasteiger partial charge is 0.330 e. The van der Waals surface area contributed by atoms with E-state index in [1.165, 1.54) is 31.4 Å². The Labute approximate surface area is 91.9 Å². The average molecular weight is 207 g/mol. The van der Waals surface area contributed by atoms with Crippen LogP contribution in [-0.2, 0) is 5.54 Å². The molecule has 0 unspecified atom stereocenters. The molecular formula is C12H21N3. The van der Waals surface area contributed by atoms with E-state index in [9.17, 15) is 0 Å². The molecule has 1 aromatic heterocycles. The van der Waals surface area contributed by atoms with Crippen molar-refractivity contribution in [3.63, 3.8) is 0 Å². The minimum Gasteiger partial charge on any atom is -0.330 e. The van der Waals surface area contributed by atoms with Crippen LogP contribution in [0.15, 0.2) is 12.5 Å². The van der Waals surface area contributed by atoms with Crippen molar-refractivity contribution in [3.8, 4) is 0 Å². The topological polar surface area (TPSA) is 29.9 Å². The maximum absolute atomic E-state index is 4.30. The van der Waals surface area contributed by atoms with Gasteiger partial charge in [-0.1, -0.05) is 12.8 Å². The smallest absolute Gasteiger partial charge is 0.0951 e. The predicted octanol–water partition coefficient (Wildman–Crippen LogP) is 2.45. The number of hydrogen-bond acceptors (Lipinski definition) is 2. The molecule has 1 aliphatic carbocycles. The predicted molar refractivity (Wildman–Crippen MR) is 61.8 cm³/mol. The molecule has 1 aliphatic rings. The van der Waals surface area contributed by atoms with Crippen molar-refractivity contribution in [3.05, 3.63) is 18.2 Å². The van der Waals surface area contributed by atoms with Gasteiger partial charge < -0.3 is 9.88 Å². The van der Waals surface area contributed by atoms with E-state index in [-0.39, 0.29) is 5.54 Å². The third-order valence-corrected chi connectivity index (χ3v) is 3.65. The van der Waals surface area contributed by atoms with Crippen molar-refractivity contribution in [1.29, 1.82) is 0 Å². The van der Waals surface area contributed by atoms with Crippen molar-refractivity contribution in [2.75, 3.05) is 7.05 Å². The number of aromatic nitrogens is 2. The maximum Gasteiger partial charge on any atom is 0.0951 e. The lowest BCUT2D eigenvalue weighted by atomic mass is 10.0. The number of imidazole rings is 1. The van der Waals surface area contributed by atoms with Crippen molar-refractivity contribution in [1.82, 2.24) is 14.9 Å². The molecule has 1 fully saturated rings. The highest BCUT2D eigenvalue weighted by molar-refractivity contribution is 5.12. The summed E-state index contributed by atoms with van der Waals surface area (Å²) in [6.07, 6.45) is 9.33. The van der Waals surface area contributed by atoms with Crippen LogP contribution in [0.2, 0.25) is 0 Å². The maximum atomic E-state index is 4.30. The van der Waals surface area contributed by atoms with Gasteiger partial charge in [0.15, 0.2) is 0 Å². The van der Waals surface area contributed by atoms with Crippen molar-refractivity contribution >= 4 is 0 Å². The zero-order valence-corrected chi connectivity index (χ0v) is 9.95. The molecule has 1 N–H and O–H groups in total. The van der Waals surface area contributed by atoms with Crippen LogP contribution in [0.25, 0.3) is 0 Å². The van der Waals surface area contributed by atoms with Crippen LogP contribution >= 0.6 is 0 Å². The lowest BCUT2D eigenvalue weighted by molar-refractivity contribution is 0.383. The van der Waals surface area contributed by atoms with E-state index in [2.05, 4.69) is 28.7 Å². The Hall–Kier alpha value is -0.830. The second-order valence-corrected chi connectivity index (χ2v) is 5.00. The number of nitrogens with one attached hydrogen (secondary N) is 1. The first-order valence-electron chi connectivity index (χ1n) is 5.86. The summed E-state index contributed by atoms with van der Waals surface area (Å²) in [6, 6.07) is 0.676. The summed E-state index contributed by atoms with van der Waals surface area (Å²) in [5.74, 6) is 0. The number of nitrogens with zero attached hydrogens (tertiary/aromatic N) is 2. The fraction of sp³-hybridized carbons (Fsp3) is 0.750. The highest BCUT2D eigenvalue weighted by Gasteiger charge is 2.26. The highest BCUT2D eigenvalue weighted by atomic mass is 15.1. The van der Waals surface area contributed by atoms with Crippen LogP contribution in [0.1, 0.15) is 51.3 Å². The molecule has 0 amide bonds. The molecule has 0 atom stereocenters. The molecule has 0 bridgehead atoms. The summed E-state index contributed by atoms with van der Waals surface area (Å²) in [5.41, 5.74) is 1.32. The van der Waals surface area contributed by atoms with Crippen LogP contribution in [0.4, 0.5) is 0 Å². The third kappa shape index (κ3) is 1.93. The summed E-state index contributed by atoms with van der Waals surface area (Å²) in [6.45, 7) is 4.41. The lowest BCUT2D eigenvalue weighted by Crippen LogP contribution is -2.35. The van der Waals surface area contributed by atoms with Gasteiger partial charge in [0.1, 0.15) is 0 Å². The molecular weight excluding hydrogens is 186 g/mol. The zero-order valence-electron chi connectivity index (χ0n) is 9.95. The van der Waals surface area contributed by atoms with Gasteiger partial charge in [-0.3, -0.25) is 0 Å². The summed E-state index contributed by atoms with van der Waals surface area (Å²) in [5, 5.41) is 3.35. The average Bonchev–Trinajstić information content (AvgIpc) is 2.87. The van der Waals surface area contributed by atoms with Gasteiger partial charge in [0.05, 0.1) is 23.8 Å². The van der Waals surface area contributed by atoms with E-state index < -0.39 is 0 Å². The molecule has 15 heavy (non-hydrogen) atoms. The van der Waals surface area contributed by atoms with E-state index in [1.807, 2.05) is 19.6 Å². The Morgan fingerprint density at radius 3 is 2.67 bits per heavy atom. The van der Waals surface area contributed by atoms with E-state index in [4.69, 9.17) is 0 Å². The summed E-state index contributed by atoms with van der Waals surface area (Å²) in [4.78, 5) is 4.30. The molecule has 0 spiro atoms. The molecule has 3 heteroatoms. The second kappa shape index (κ2) is 3.97. The molecule has 3 nitrogen and oxygen atoms in total. The van der Waals surface area contributed by atoms with Gasteiger partial charge >= 0.3 is 0 Å². The van der Waals surface area contributed by atoms with E-state index in [0.717, 1.165) is 0 Å². The van der Waals surface area contributed by atoms with Crippen LogP contribution in [0, 0.1) is 0 Å². The normalized spacial score (nSPS) is 18.6. The molecule has 0 aliphatic heterocycles. The van der Waals surface area contributed by atoms with Crippen molar-refractivity contribution < 1.29 is 0 Å². The molecule has 1 aromatic rings.